The highest BCUT2D eigenvalue weighted by molar-refractivity contribution is 7.89. The van der Waals surface area contributed by atoms with E-state index in [-0.39, 0.29) is 17.3 Å². The number of carbonyl (C=O) groups is 1. The third-order valence-electron chi connectivity index (χ3n) is 5.47. The first kappa shape index (κ1) is 22.3. The molecule has 1 amide bonds. The first-order chi connectivity index (χ1) is 14.5. The lowest BCUT2D eigenvalue weighted by molar-refractivity contribution is -0.119. The number of anilines is 1. The van der Waals surface area contributed by atoms with E-state index in [0.29, 0.717) is 25.3 Å². The molecular weight excluding hydrogens is 398 g/mol. The van der Waals surface area contributed by atoms with Gasteiger partial charge in [0.15, 0.2) is 0 Å². The van der Waals surface area contributed by atoms with E-state index in [1.54, 1.807) is 28.6 Å². The fourth-order valence-corrected chi connectivity index (χ4v) is 5.23. The number of nitrogens with zero attached hydrogens (tertiary/aromatic N) is 1. The summed E-state index contributed by atoms with van der Waals surface area (Å²) >= 11 is 0. The summed E-state index contributed by atoms with van der Waals surface area (Å²) in [5.74, 6) is -0.121. The fraction of sp³-hybridized carbons (Fsp3) is 0.435. The molecule has 3 rings (SSSR count). The molecule has 0 radical (unpaired) electrons. The van der Waals surface area contributed by atoms with Crippen LogP contribution >= 0.6 is 0 Å². The van der Waals surface area contributed by atoms with E-state index < -0.39 is 10.0 Å². The number of hydrogen-bond acceptors (Lipinski definition) is 4. The third kappa shape index (κ3) is 6.06. The number of amides is 1. The van der Waals surface area contributed by atoms with Crippen molar-refractivity contribution < 1.29 is 13.2 Å². The lowest BCUT2D eigenvalue weighted by Crippen LogP contribution is -2.32. The lowest BCUT2D eigenvalue weighted by Gasteiger charge is -2.20. The van der Waals surface area contributed by atoms with Crippen molar-refractivity contribution in [2.45, 2.75) is 43.9 Å². The summed E-state index contributed by atoms with van der Waals surface area (Å²) in [4.78, 5) is 12.4. The van der Waals surface area contributed by atoms with E-state index in [4.69, 9.17) is 0 Å². The maximum absolute atomic E-state index is 13.0. The highest BCUT2D eigenvalue weighted by Crippen LogP contribution is 2.22. The number of nitrogens with one attached hydrogen (secondary N) is 2. The normalized spacial score (nSPS) is 15.4. The van der Waals surface area contributed by atoms with Crippen LogP contribution in [0.1, 0.15) is 36.8 Å². The summed E-state index contributed by atoms with van der Waals surface area (Å²) in [5, 5.41) is 5.94. The molecule has 162 valence electrons. The molecule has 0 unspecified atom stereocenters. The number of carbonyl (C=O) groups excluding carboxylic acids is 1. The van der Waals surface area contributed by atoms with Gasteiger partial charge in [0.25, 0.3) is 0 Å². The summed E-state index contributed by atoms with van der Waals surface area (Å²) < 4.78 is 27.5. The Balaban J connectivity index is 1.52. The molecule has 2 aromatic carbocycles. The molecule has 0 spiro atoms. The van der Waals surface area contributed by atoms with E-state index in [1.807, 2.05) is 12.1 Å². The van der Waals surface area contributed by atoms with Gasteiger partial charge in [-0.1, -0.05) is 43.2 Å². The van der Waals surface area contributed by atoms with Gasteiger partial charge in [-0.05, 0) is 55.5 Å². The molecule has 0 atom stereocenters. The molecule has 0 aliphatic carbocycles. The van der Waals surface area contributed by atoms with E-state index in [9.17, 15) is 13.2 Å². The van der Waals surface area contributed by atoms with Gasteiger partial charge in [0.2, 0.25) is 15.9 Å². The van der Waals surface area contributed by atoms with Crippen molar-refractivity contribution in [1.29, 1.82) is 0 Å². The zero-order valence-electron chi connectivity index (χ0n) is 17.6. The first-order valence-electron chi connectivity index (χ1n) is 10.6. The lowest BCUT2D eigenvalue weighted by atomic mass is 10.1. The third-order valence-corrected chi connectivity index (χ3v) is 7.36. The van der Waals surface area contributed by atoms with Crippen LogP contribution in [0.2, 0.25) is 0 Å². The molecule has 1 aliphatic rings. The standard InChI is InChI=1S/C23H31N3O3S/c1-19-9-4-5-10-20(19)13-14-24-23(27)18-25-21-11-8-12-22(17-21)30(28,29)26-15-6-2-3-7-16-26/h4-5,8-12,17,25H,2-3,6-7,13-16,18H2,1H3,(H,24,27). The van der Waals surface area contributed by atoms with Crippen LogP contribution in [0.25, 0.3) is 0 Å². The van der Waals surface area contributed by atoms with Crippen molar-refractivity contribution in [3.63, 3.8) is 0 Å². The van der Waals surface area contributed by atoms with Gasteiger partial charge >= 0.3 is 0 Å². The molecule has 30 heavy (non-hydrogen) atoms. The number of sulfonamides is 1. The molecule has 7 heteroatoms. The summed E-state index contributed by atoms with van der Waals surface area (Å²) in [5.41, 5.74) is 3.06. The van der Waals surface area contributed by atoms with Crippen molar-refractivity contribution in [1.82, 2.24) is 9.62 Å². The molecule has 0 saturated carbocycles. The van der Waals surface area contributed by atoms with Crippen LogP contribution in [-0.2, 0) is 21.2 Å². The molecule has 2 N–H and O–H groups in total. The molecule has 1 heterocycles. The molecule has 0 aromatic heterocycles. The van der Waals surface area contributed by atoms with Gasteiger partial charge in [-0.3, -0.25) is 4.79 Å². The Labute approximate surface area is 179 Å². The minimum atomic E-state index is -3.50. The van der Waals surface area contributed by atoms with Crippen molar-refractivity contribution in [3.05, 3.63) is 59.7 Å². The van der Waals surface area contributed by atoms with Gasteiger partial charge in [-0.2, -0.15) is 4.31 Å². The highest BCUT2D eigenvalue weighted by atomic mass is 32.2. The predicted molar refractivity (Wildman–Crippen MR) is 120 cm³/mol. The Morgan fingerprint density at radius 3 is 2.47 bits per heavy atom. The smallest absolute Gasteiger partial charge is 0.243 e. The van der Waals surface area contributed by atoms with Crippen LogP contribution in [0.15, 0.2) is 53.4 Å². The second-order valence-electron chi connectivity index (χ2n) is 7.73. The SMILES string of the molecule is Cc1ccccc1CCNC(=O)CNc1cccc(S(=O)(=O)N2CCCCCC2)c1. The maximum Gasteiger partial charge on any atom is 0.243 e. The number of benzene rings is 2. The molecule has 6 nitrogen and oxygen atoms in total. The summed E-state index contributed by atoms with van der Waals surface area (Å²) in [6, 6.07) is 14.8. The molecule has 1 saturated heterocycles. The molecule has 1 aliphatic heterocycles. The van der Waals surface area contributed by atoms with Crippen molar-refractivity contribution >= 4 is 21.6 Å². The monoisotopic (exact) mass is 429 g/mol. The van der Waals surface area contributed by atoms with Crippen LogP contribution in [0, 0.1) is 6.92 Å². The summed E-state index contributed by atoms with van der Waals surface area (Å²) in [7, 11) is -3.50. The van der Waals surface area contributed by atoms with Gasteiger partial charge in [0.1, 0.15) is 0 Å². The van der Waals surface area contributed by atoms with E-state index in [1.165, 1.54) is 11.1 Å². The summed E-state index contributed by atoms with van der Waals surface area (Å²) in [6.45, 7) is 3.87. The van der Waals surface area contributed by atoms with Crippen LogP contribution < -0.4 is 10.6 Å². The Kier molecular flexibility index (Phi) is 7.87. The van der Waals surface area contributed by atoms with Crippen LogP contribution in [0.4, 0.5) is 5.69 Å². The minimum Gasteiger partial charge on any atom is -0.376 e. The van der Waals surface area contributed by atoms with E-state index >= 15 is 0 Å². The minimum absolute atomic E-state index is 0.0982. The topological polar surface area (TPSA) is 78.5 Å². The maximum atomic E-state index is 13.0. The molecule has 2 aromatic rings. The largest absolute Gasteiger partial charge is 0.376 e. The van der Waals surface area contributed by atoms with Crippen molar-refractivity contribution in [2.75, 3.05) is 31.5 Å². The Bertz CT molecular complexity index is 952. The second-order valence-corrected chi connectivity index (χ2v) is 9.66. The first-order valence-corrected chi connectivity index (χ1v) is 12.1. The molecule has 0 bridgehead atoms. The average Bonchev–Trinajstić information content (AvgIpc) is 3.04. The average molecular weight is 430 g/mol. The van der Waals surface area contributed by atoms with Gasteiger partial charge < -0.3 is 10.6 Å². The van der Waals surface area contributed by atoms with Gasteiger partial charge in [0.05, 0.1) is 11.4 Å². The number of aryl methyl sites for hydroxylation is 1. The zero-order valence-corrected chi connectivity index (χ0v) is 18.4. The number of hydrogen-bond donors (Lipinski definition) is 2. The second kappa shape index (κ2) is 10.6. The van der Waals surface area contributed by atoms with E-state index in [2.05, 4.69) is 29.7 Å². The van der Waals surface area contributed by atoms with Crippen LogP contribution in [0.5, 0.6) is 0 Å². The molecular formula is C23H31N3O3S. The molecule has 1 fully saturated rings. The van der Waals surface area contributed by atoms with Crippen LogP contribution in [-0.4, -0.2) is 44.8 Å². The quantitative estimate of drug-likeness (QED) is 0.675. The fourth-order valence-electron chi connectivity index (χ4n) is 3.67. The van der Waals surface area contributed by atoms with E-state index in [0.717, 1.165) is 32.1 Å². The van der Waals surface area contributed by atoms with Gasteiger partial charge in [-0.15, -0.1) is 0 Å². The Morgan fingerprint density at radius 1 is 1.00 bits per heavy atom. The van der Waals surface area contributed by atoms with Gasteiger partial charge in [0, 0.05) is 25.3 Å². The van der Waals surface area contributed by atoms with Crippen molar-refractivity contribution in [3.8, 4) is 0 Å². The Morgan fingerprint density at radius 2 is 1.73 bits per heavy atom. The number of rotatable bonds is 8. The van der Waals surface area contributed by atoms with Crippen molar-refractivity contribution in [2.24, 2.45) is 0 Å². The summed E-state index contributed by atoms with van der Waals surface area (Å²) in [6.07, 6.45) is 4.74. The zero-order chi connectivity index (χ0) is 21.4. The Hall–Kier alpha value is -2.38. The van der Waals surface area contributed by atoms with Gasteiger partial charge in [-0.25, -0.2) is 8.42 Å². The highest BCUT2D eigenvalue weighted by Gasteiger charge is 2.25. The van der Waals surface area contributed by atoms with Crippen LogP contribution in [0.3, 0.4) is 0 Å². The predicted octanol–water partition coefficient (Wildman–Crippen LogP) is 3.33.